The third-order valence-corrected chi connectivity index (χ3v) is 4.88. The highest BCUT2D eigenvalue weighted by molar-refractivity contribution is 5.44. The van der Waals surface area contributed by atoms with E-state index in [1.165, 1.54) is 6.07 Å². The normalized spacial score (nSPS) is 12.1. The van der Waals surface area contributed by atoms with E-state index < -0.39 is 5.63 Å². The zero-order valence-corrected chi connectivity index (χ0v) is 16.5. The molecule has 0 aliphatic heterocycles. The lowest BCUT2D eigenvalue weighted by Gasteiger charge is -2.16. The summed E-state index contributed by atoms with van der Waals surface area (Å²) in [5.41, 5.74) is 1.45. The fourth-order valence-corrected chi connectivity index (χ4v) is 3.29. The first kappa shape index (κ1) is 19.7. The average Bonchev–Trinajstić information content (AvgIpc) is 2.69. The number of ether oxygens (including phenoxy) is 1. The first-order chi connectivity index (χ1) is 13.5. The second-order valence-corrected chi connectivity index (χ2v) is 7.24. The van der Waals surface area contributed by atoms with Crippen molar-refractivity contribution in [3.8, 4) is 17.2 Å². The zero-order chi connectivity index (χ0) is 20.1. The second-order valence-electron chi connectivity index (χ2n) is 7.24. The Morgan fingerprint density at radius 3 is 2.36 bits per heavy atom. The van der Waals surface area contributed by atoms with Crippen molar-refractivity contribution in [2.45, 2.75) is 45.4 Å². The molecule has 0 fully saturated rings. The molecular formula is C24H26O4. The Kier molecular flexibility index (Phi) is 6.19. The Bertz CT molecular complexity index is 973. The van der Waals surface area contributed by atoms with Crippen molar-refractivity contribution >= 4 is 0 Å². The van der Waals surface area contributed by atoms with E-state index in [2.05, 4.69) is 0 Å². The van der Waals surface area contributed by atoms with Crippen LogP contribution in [0.2, 0.25) is 0 Å². The summed E-state index contributed by atoms with van der Waals surface area (Å²) in [7, 11) is 0. The lowest BCUT2D eigenvalue weighted by Crippen LogP contribution is -2.10. The lowest BCUT2D eigenvalue weighted by atomic mass is 9.94. The summed E-state index contributed by atoms with van der Waals surface area (Å²) >= 11 is 0. The molecule has 1 atom stereocenters. The van der Waals surface area contributed by atoms with Crippen LogP contribution in [0.15, 0.2) is 69.9 Å². The number of benzene rings is 2. The number of hydrogen-bond acceptors (Lipinski definition) is 4. The van der Waals surface area contributed by atoms with Crippen LogP contribution in [0.4, 0.5) is 0 Å². The molecule has 1 aromatic heterocycles. The van der Waals surface area contributed by atoms with Gasteiger partial charge in [0.25, 0.3) is 5.75 Å². The molecule has 0 saturated heterocycles. The van der Waals surface area contributed by atoms with Gasteiger partial charge in [-0.3, -0.25) is 0 Å². The third kappa shape index (κ3) is 4.45. The highest BCUT2D eigenvalue weighted by Gasteiger charge is 2.20. The van der Waals surface area contributed by atoms with Crippen LogP contribution in [0, 0.1) is 0 Å². The summed E-state index contributed by atoms with van der Waals surface area (Å²) in [5.74, 6) is 0.864. The average molecular weight is 378 g/mol. The van der Waals surface area contributed by atoms with Crippen LogP contribution in [0.1, 0.15) is 55.9 Å². The molecule has 4 heteroatoms. The quantitative estimate of drug-likeness (QED) is 0.548. The van der Waals surface area contributed by atoms with Crippen molar-refractivity contribution < 1.29 is 14.3 Å². The van der Waals surface area contributed by atoms with Gasteiger partial charge in [0.1, 0.15) is 11.5 Å². The largest absolute Gasteiger partial charge is 0.504 e. The smallest absolute Gasteiger partial charge is 0.383 e. The van der Waals surface area contributed by atoms with E-state index in [4.69, 9.17) is 9.15 Å². The van der Waals surface area contributed by atoms with Crippen LogP contribution in [-0.4, -0.2) is 5.11 Å². The van der Waals surface area contributed by atoms with Crippen LogP contribution in [-0.2, 0) is 6.42 Å². The van der Waals surface area contributed by atoms with Crippen molar-refractivity contribution in [2.24, 2.45) is 0 Å². The molecule has 28 heavy (non-hydrogen) atoms. The van der Waals surface area contributed by atoms with Crippen molar-refractivity contribution in [1.29, 1.82) is 0 Å². The minimum atomic E-state index is -0.667. The molecule has 3 rings (SSSR count). The fraction of sp³-hybridized carbons (Fsp3) is 0.292. The van der Waals surface area contributed by atoms with Gasteiger partial charge in [-0.15, -0.1) is 0 Å². The molecule has 1 N–H and O–H groups in total. The minimum Gasteiger partial charge on any atom is -0.504 e. The molecule has 0 bridgehead atoms. The molecule has 146 valence electrons. The maximum atomic E-state index is 12.6. The van der Waals surface area contributed by atoms with Gasteiger partial charge in [-0.1, -0.05) is 69.3 Å². The monoisotopic (exact) mass is 378 g/mol. The van der Waals surface area contributed by atoms with E-state index in [1.807, 2.05) is 69.3 Å². The molecule has 0 aliphatic rings. The molecule has 0 radical (unpaired) electrons. The summed E-state index contributed by atoms with van der Waals surface area (Å²) in [6.07, 6.45) is 1.52. The van der Waals surface area contributed by atoms with Gasteiger partial charge in [-0.25, -0.2) is 4.79 Å². The molecule has 4 nitrogen and oxygen atoms in total. The summed E-state index contributed by atoms with van der Waals surface area (Å²) < 4.78 is 11.3. The standard InChI is InChI=1S/C24H26O4/c1-4-18(14-17-10-6-5-7-11-17)22-15-20(25)23(24(26)28-22)27-21-13-9-8-12-19(21)16(2)3/h5-13,15-16,18,25H,4,14H2,1-3H3. The van der Waals surface area contributed by atoms with Gasteiger partial charge in [-0.05, 0) is 36.0 Å². The minimum absolute atomic E-state index is 0.00185. The molecule has 2 aromatic carbocycles. The molecule has 0 spiro atoms. The second kappa shape index (κ2) is 8.79. The predicted molar refractivity (Wildman–Crippen MR) is 110 cm³/mol. The highest BCUT2D eigenvalue weighted by Crippen LogP contribution is 2.35. The number of aromatic hydroxyl groups is 1. The third-order valence-electron chi connectivity index (χ3n) is 4.88. The molecule has 0 aliphatic carbocycles. The topological polar surface area (TPSA) is 59.7 Å². The van der Waals surface area contributed by atoms with Gasteiger partial charge >= 0.3 is 5.63 Å². The van der Waals surface area contributed by atoms with E-state index in [0.29, 0.717) is 11.5 Å². The summed E-state index contributed by atoms with van der Waals surface area (Å²) in [4.78, 5) is 12.6. The lowest BCUT2D eigenvalue weighted by molar-refractivity contribution is 0.344. The summed E-state index contributed by atoms with van der Waals surface area (Å²) in [5, 5.41) is 10.5. The maximum absolute atomic E-state index is 12.6. The number of rotatable bonds is 7. The van der Waals surface area contributed by atoms with Gasteiger partial charge in [0.2, 0.25) is 0 Å². The Morgan fingerprint density at radius 2 is 1.71 bits per heavy atom. The first-order valence-electron chi connectivity index (χ1n) is 9.67. The van der Waals surface area contributed by atoms with E-state index in [0.717, 1.165) is 24.0 Å². The SMILES string of the molecule is CCC(Cc1ccccc1)c1cc(O)c(Oc2ccccc2C(C)C)c(=O)o1. The van der Waals surface area contributed by atoms with Crippen LogP contribution >= 0.6 is 0 Å². The van der Waals surface area contributed by atoms with E-state index in [-0.39, 0.29) is 23.3 Å². The van der Waals surface area contributed by atoms with Crippen LogP contribution in [0.3, 0.4) is 0 Å². The van der Waals surface area contributed by atoms with Gasteiger partial charge in [0, 0.05) is 12.0 Å². The summed E-state index contributed by atoms with van der Waals surface area (Å²) in [6, 6.07) is 19.0. The van der Waals surface area contributed by atoms with Crippen molar-refractivity contribution in [3.05, 3.63) is 88.0 Å². The predicted octanol–water partition coefficient (Wildman–Crippen LogP) is 6.00. The van der Waals surface area contributed by atoms with Crippen molar-refractivity contribution in [3.63, 3.8) is 0 Å². The van der Waals surface area contributed by atoms with Crippen molar-refractivity contribution in [2.75, 3.05) is 0 Å². The molecule has 1 heterocycles. The first-order valence-corrected chi connectivity index (χ1v) is 9.67. The molecule has 0 saturated carbocycles. The molecule has 1 unspecified atom stereocenters. The van der Waals surface area contributed by atoms with Crippen LogP contribution in [0.5, 0.6) is 17.2 Å². The number of hydrogen-bond donors (Lipinski definition) is 1. The maximum Gasteiger partial charge on any atom is 0.383 e. The van der Waals surface area contributed by atoms with Crippen molar-refractivity contribution in [1.82, 2.24) is 0 Å². The van der Waals surface area contributed by atoms with E-state index in [1.54, 1.807) is 6.07 Å². The van der Waals surface area contributed by atoms with E-state index in [9.17, 15) is 9.90 Å². The van der Waals surface area contributed by atoms with Gasteiger partial charge < -0.3 is 14.3 Å². The van der Waals surface area contributed by atoms with E-state index >= 15 is 0 Å². The Labute approximate surface area is 165 Å². The van der Waals surface area contributed by atoms with Gasteiger partial charge in [0.05, 0.1) is 0 Å². The Balaban J connectivity index is 1.90. The molecule has 3 aromatic rings. The van der Waals surface area contributed by atoms with Gasteiger partial charge in [-0.2, -0.15) is 0 Å². The highest BCUT2D eigenvalue weighted by atomic mass is 16.5. The number of para-hydroxylation sites is 1. The zero-order valence-electron chi connectivity index (χ0n) is 16.5. The van der Waals surface area contributed by atoms with Gasteiger partial charge in [0.15, 0.2) is 5.75 Å². The van der Waals surface area contributed by atoms with Crippen LogP contribution < -0.4 is 10.4 Å². The molecular weight excluding hydrogens is 352 g/mol. The fourth-order valence-electron chi connectivity index (χ4n) is 3.29. The van der Waals surface area contributed by atoms with Crippen LogP contribution in [0.25, 0.3) is 0 Å². The molecule has 0 amide bonds. The Hall–Kier alpha value is -3.01. The Morgan fingerprint density at radius 1 is 1.04 bits per heavy atom. The summed E-state index contributed by atoms with van der Waals surface area (Å²) in [6.45, 7) is 6.13.